The molecule has 0 unspecified atom stereocenters. The van der Waals surface area contributed by atoms with Crippen LogP contribution in [-0.4, -0.2) is 31.3 Å². The zero-order valence-electron chi connectivity index (χ0n) is 12.9. The van der Waals surface area contributed by atoms with E-state index in [-0.39, 0.29) is 5.69 Å². The number of hydrogen-bond donors (Lipinski definition) is 1. The Morgan fingerprint density at radius 2 is 2.10 bits per heavy atom. The van der Waals surface area contributed by atoms with Crippen LogP contribution < -0.4 is 10.1 Å². The zero-order chi connectivity index (χ0) is 15.7. The van der Waals surface area contributed by atoms with E-state index in [0.717, 1.165) is 12.1 Å². The summed E-state index contributed by atoms with van der Waals surface area (Å²) in [5.74, 6) is 0.855. The summed E-state index contributed by atoms with van der Waals surface area (Å²) in [5.41, 5.74) is 0.951. The van der Waals surface area contributed by atoms with E-state index in [0.29, 0.717) is 38.0 Å². The van der Waals surface area contributed by atoms with Crippen LogP contribution in [0.15, 0.2) is 18.2 Å². The smallest absolute Gasteiger partial charge is 0.310 e. The molecule has 0 heterocycles. The Morgan fingerprint density at radius 1 is 1.33 bits per heavy atom. The van der Waals surface area contributed by atoms with Gasteiger partial charge in [-0.05, 0) is 31.0 Å². The average Bonchev–Trinajstić information content (AvgIpc) is 2.43. The first-order valence-corrected chi connectivity index (χ1v) is 7.23. The molecule has 1 aromatic rings. The van der Waals surface area contributed by atoms with Crippen LogP contribution in [0.4, 0.5) is 5.69 Å². The molecule has 0 aromatic heterocycles. The second-order valence-electron chi connectivity index (χ2n) is 5.13. The van der Waals surface area contributed by atoms with Crippen molar-refractivity contribution in [2.75, 3.05) is 26.4 Å². The van der Waals surface area contributed by atoms with E-state index in [1.807, 2.05) is 6.92 Å². The van der Waals surface area contributed by atoms with Crippen LogP contribution in [-0.2, 0) is 11.3 Å². The summed E-state index contributed by atoms with van der Waals surface area (Å²) in [6, 6.07) is 4.96. The van der Waals surface area contributed by atoms with Gasteiger partial charge >= 0.3 is 5.69 Å². The highest BCUT2D eigenvalue weighted by Gasteiger charge is 2.15. The van der Waals surface area contributed by atoms with E-state index in [2.05, 4.69) is 19.2 Å². The van der Waals surface area contributed by atoms with Gasteiger partial charge < -0.3 is 14.8 Å². The number of benzene rings is 1. The maximum atomic E-state index is 11.0. The number of nitro benzene ring substituents is 1. The lowest BCUT2D eigenvalue weighted by atomic mass is 10.1. The van der Waals surface area contributed by atoms with Gasteiger partial charge in [0.1, 0.15) is 6.61 Å². The maximum Gasteiger partial charge on any atom is 0.310 e. The second kappa shape index (κ2) is 9.31. The van der Waals surface area contributed by atoms with Crippen LogP contribution in [0.25, 0.3) is 0 Å². The molecule has 0 radical (unpaired) electrons. The Bertz CT molecular complexity index is 449. The van der Waals surface area contributed by atoms with E-state index in [1.54, 1.807) is 12.1 Å². The summed E-state index contributed by atoms with van der Waals surface area (Å²) in [4.78, 5) is 10.6. The van der Waals surface area contributed by atoms with Crippen LogP contribution in [0, 0.1) is 16.0 Å². The third-order valence-electron chi connectivity index (χ3n) is 2.79. The second-order valence-corrected chi connectivity index (χ2v) is 5.13. The number of nitrogens with zero attached hydrogens (tertiary/aromatic N) is 1. The molecule has 6 heteroatoms. The normalized spacial score (nSPS) is 10.9. The lowest BCUT2D eigenvalue weighted by Crippen LogP contribution is -2.19. The quantitative estimate of drug-likeness (QED) is 0.408. The summed E-state index contributed by atoms with van der Waals surface area (Å²) < 4.78 is 10.6. The molecule has 0 aliphatic heterocycles. The van der Waals surface area contributed by atoms with Crippen molar-refractivity contribution in [1.82, 2.24) is 5.32 Å². The SMILES string of the molecule is CCOCCOc1cc(CNCC(C)C)ccc1[N+](=O)[O-]. The van der Waals surface area contributed by atoms with Gasteiger partial charge in [-0.15, -0.1) is 0 Å². The summed E-state index contributed by atoms with van der Waals surface area (Å²) in [5, 5.41) is 14.3. The van der Waals surface area contributed by atoms with E-state index < -0.39 is 4.92 Å². The number of ether oxygens (including phenoxy) is 2. The molecule has 0 saturated heterocycles. The van der Waals surface area contributed by atoms with Gasteiger partial charge in [-0.25, -0.2) is 0 Å². The number of nitrogens with one attached hydrogen (secondary N) is 1. The molecule has 0 atom stereocenters. The zero-order valence-corrected chi connectivity index (χ0v) is 12.9. The van der Waals surface area contributed by atoms with E-state index in [4.69, 9.17) is 9.47 Å². The predicted octanol–water partition coefficient (Wildman–Crippen LogP) is 2.76. The molecule has 0 aliphatic rings. The molecule has 1 N–H and O–H groups in total. The molecule has 1 aromatic carbocycles. The molecular formula is C15H24N2O4. The monoisotopic (exact) mass is 296 g/mol. The fourth-order valence-corrected chi connectivity index (χ4v) is 1.80. The first-order valence-electron chi connectivity index (χ1n) is 7.23. The van der Waals surface area contributed by atoms with Crippen molar-refractivity contribution >= 4 is 5.69 Å². The van der Waals surface area contributed by atoms with Crippen LogP contribution in [0.5, 0.6) is 5.75 Å². The van der Waals surface area contributed by atoms with Gasteiger partial charge in [0.05, 0.1) is 11.5 Å². The van der Waals surface area contributed by atoms with Crippen LogP contribution in [0.1, 0.15) is 26.3 Å². The Labute approximate surface area is 125 Å². The first kappa shape index (κ1) is 17.4. The average molecular weight is 296 g/mol. The molecule has 0 saturated carbocycles. The lowest BCUT2D eigenvalue weighted by molar-refractivity contribution is -0.385. The molecule has 0 amide bonds. The van der Waals surface area contributed by atoms with E-state index >= 15 is 0 Å². The minimum absolute atomic E-state index is 0.0147. The molecule has 6 nitrogen and oxygen atoms in total. The lowest BCUT2D eigenvalue weighted by Gasteiger charge is -2.10. The van der Waals surface area contributed by atoms with Gasteiger partial charge in [-0.2, -0.15) is 0 Å². The number of nitro groups is 1. The van der Waals surface area contributed by atoms with Gasteiger partial charge in [0.15, 0.2) is 5.75 Å². The molecular weight excluding hydrogens is 272 g/mol. The van der Waals surface area contributed by atoms with Gasteiger partial charge in [0.25, 0.3) is 0 Å². The van der Waals surface area contributed by atoms with Crippen molar-refractivity contribution in [3.05, 3.63) is 33.9 Å². The standard InChI is InChI=1S/C15H24N2O4/c1-4-20-7-8-21-15-9-13(11-16-10-12(2)3)5-6-14(15)17(18)19/h5-6,9,12,16H,4,7-8,10-11H2,1-3H3. The molecule has 0 spiro atoms. The highest BCUT2D eigenvalue weighted by molar-refractivity contribution is 5.48. The Kier molecular flexibility index (Phi) is 7.71. The van der Waals surface area contributed by atoms with Crippen molar-refractivity contribution in [3.8, 4) is 5.75 Å². The number of hydrogen-bond acceptors (Lipinski definition) is 5. The van der Waals surface area contributed by atoms with Crippen molar-refractivity contribution in [2.45, 2.75) is 27.3 Å². The molecule has 118 valence electrons. The van der Waals surface area contributed by atoms with Crippen molar-refractivity contribution in [2.24, 2.45) is 5.92 Å². The number of rotatable bonds is 10. The van der Waals surface area contributed by atoms with E-state index in [1.165, 1.54) is 6.07 Å². The third kappa shape index (κ3) is 6.55. The van der Waals surface area contributed by atoms with Crippen molar-refractivity contribution < 1.29 is 14.4 Å². The fourth-order valence-electron chi connectivity index (χ4n) is 1.80. The van der Waals surface area contributed by atoms with Gasteiger partial charge in [-0.1, -0.05) is 19.9 Å². The largest absolute Gasteiger partial charge is 0.484 e. The van der Waals surface area contributed by atoms with Crippen LogP contribution in [0.3, 0.4) is 0 Å². The third-order valence-corrected chi connectivity index (χ3v) is 2.79. The van der Waals surface area contributed by atoms with Gasteiger partial charge in [0.2, 0.25) is 0 Å². The summed E-state index contributed by atoms with van der Waals surface area (Å²) >= 11 is 0. The fraction of sp³-hybridized carbons (Fsp3) is 0.600. The summed E-state index contributed by atoms with van der Waals surface area (Å²) in [6.45, 7) is 9.04. The predicted molar refractivity (Wildman–Crippen MR) is 81.6 cm³/mol. The molecule has 1 rings (SSSR count). The van der Waals surface area contributed by atoms with Crippen molar-refractivity contribution in [3.63, 3.8) is 0 Å². The summed E-state index contributed by atoms with van der Waals surface area (Å²) in [6.07, 6.45) is 0. The highest BCUT2D eigenvalue weighted by atomic mass is 16.6. The first-order chi connectivity index (χ1) is 10.0. The Hall–Kier alpha value is -1.66. The Morgan fingerprint density at radius 3 is 2.71 bits per heavy atom. The van der Waals surface area contributed by atoms with Gasteiger partial charge in [0, 0.05) is 19.2 Å². The topological polar surface area (TPSA) is 73.6 Å². The minimum Gasteiger partial charge on any atom is -0.484 e. The molecule has 0 fully saturated rings. The molecule has 0 aliphatic carbocycles. The molecule has 0 bridgehead atoms. The summed E-state index contributed by atoms with van der Waals surface area (Å²) in [7, 11) is 0. The van der Waals surface area contributed by atoms with E-state index in [9.17, 15) is 10.1 Å². The minimum atomic E-state index is -0.429. The Balaban J connectivity index is 2.68. The molecule has 21 heavy (non-hydrogen) atoms. The maximum absolute atomic E-state index is 11.0. The van der Waals surface area contributed by atoms with Crippen LogP contribution >= 0.6 is 0 Å². The van der Waals surface area contributed by atoms with Crippen molar-refractivity contribution in [1.29, 1.82) is 0 Å². The van der Waals surface area contributed by atoms with Crippen LogP contribution in [0.2, 0.25) is 0 Å². The van der Waals surface area contributed by atoms with Gasteiger partial charge in [-0.3, -0.25) is 10.1 Å². The highest BCUT2D eigenvalue weighted by Crippen LogP contribution is 2.28.